The molecule has 0 saturated heterocycles. The molecule has 7 heteroatoms. The normalized spacial score (nSPS) is 10.8. The predicted octanol–water partition coefficient (Wildman–Crippen LogP) is 1.18. The van der Waals surface area contributed by atoms with Crippen molar-refractivity contribution in [2.75, 3.05) is 5.73 Å². The van der Waals surface area contributed by atoms with E-state index in [4.69, 9.17) is 5.73 Å². The molecule has 0 unspecified atom stereocenters. The quantitative estimate of drug-likeness (QED) is 0.919. The molecule has 96 valence electrons. The SMILES string of the molecule is Cc1ncn(CCCn2ccc(N)n2)c(=O)c1Br. The molecule has 0 aliphatic carbocycles. The maximum absolute atomic E-state index is 11.9. The van der Waals surface area contributed by atoms with E-state index in [1.165, 1.54) is 0 Å². The molecule has 0 fully saturated rings. The monoisotopic (exact) mass is 311 g/mol. The highest BCUT2D eigenvalue weighted by atomic mass is 79.9. The summed E-state index contributed by atoms with van der Waals surface area (Å²) in [6.45, 7) is 3.11. The Bertz CT molecular complexity index is 604. The highest BCUT2D eigenvalue weighted by molar-refractivity contribution is 9.10. The minimum absolute atomic E-state index is 0.0533. The summed E-state index contributed by atoms with van der Waals surface area (Å²) in [5.74, 6) is 0.506. The van der Waals surface area contributed by atoms with Crippen LogP contribution in [0.15, 0.2) is 27.9 Å². The third-order valence-corrected chi connectivity index (χ3v) is 3.52. The number of halogens is 1. The summed E-state index contributed by atoms with van der Waals surface area (Å²) in [5, 5.41) is 4.08. The Morgan fingerprint density at radius 1 is 1.44 bits per heavy atom. The lowest BCUT2D eigenvalue weighted by Crippen LogP contribution is -2.22. The Morgan fingerprint density at radius 2 is 2.22 bits per heavy atom. The number of anilines is 1. The van der Waals surface area contributed by atoms with Crippen LogP contribution in [-0.4, -0.2) is 19.3 Å². The maximum Gasteiger partial charge on any atom is 0.267 e. The zero-order valence-corrected chi connectivity index (χ0v) is 11.6. The van der Waals surface area contributed by atoms with Crippen molar-refractivity contribution in [1.82, 2.24) is 19.3 Å². The number of nitrogens with two attached hydrogens (primary N) is 1. The van der Waals surface area contributed by atoms with Gasteiger partial charge in [-0.2, -0.15) is 5.10 Å². The first-order chi connectivity index (χ1) is 8.58. The van der Waals surface area contributed by atoms with Gasteiger partial charge in [0.05, 0.1) is 12.0 Å². The summed E-state index contributed by atoms with van der Waals surface area (Å²) in [4.78, 5) is 16.0. The average molecular weight is 312 g/mol. The number of nitrogens with zero attached hydrogens (tertiary/aromatic N) is 4. The molecule has 18 heavy (non-hydrogen) atoms. The molecule has 2 rings (SSSR count). The van der Waals surface area contributed by atoms with Gasteiger partial charge in [0.2, 0.25) is 0 Å². The molecule has 2 aromatic heterocycles. The van der Waals surface area contributed by atoms with Crippen LogP contribution < -0.4 is 11.3 Å². The lowest BCUT2D eigenvalue weighted by atomic mass is 10.4. The van der Waals surface area contributed by atoms with Gasteiger partial charge in [-0.3, -0.25) is 14.0 Å². The van der Waals surface area contributed by atoms with Gasteiger partial charge in [0.25, 0.3) is 5.56 Å². The number of rotatable bonds is 4. The second kappa shape index (κ2) is 5.34. The first-order valence-corrected chi connectivity index (χ1v) is 6.37. The number of aromatic nitrogens is 4. The number of nitrogen functional groups attached to an aromatic ring is 1. The highest BCUT2D eigenvalue weighted by Gasteiger charge is 2.05. The molecule has 0 radical (unpaired) electrons. The van der Waals surface area contributed by atoms with E-state index in [0.29, 0.717) is 22.5 Å². The van der Waals surface area contributed by atoms with Crippen molar-refractivity contribution in [1.29, 1.82) is 0 Å². The number of hydrogen-bond acceptors (Lipinski definition) is 4. The van der Waals surface area contributed by atoms with E-state index in [0.717, 1.165) is 13.0 Å². The molecule has 0 saturated carbocycles. The first-order valence-electron chi connectivity index (χ1n) is 5.58. The van der Waals surface area contributed by atoms with Crippen molar-refractivity contribution in [3.8, 4) is 0 Å². The van der Waals surface area contributed by atoms with E-state index in [9.17, 15) is 4.79 Å². The molecule has 2 aromatic rings. The average Bonchev–Trinajstić information content (AvgIpc) is 2.75. The summed E-state index contributed by atoms with van der Waals surface area (Å²) in [6, 6.07) is 1.75. The second-order valence-electron chi connectivity index (χ2n) is 4.00. The van der Waals surface area contributed by atoms with E-state index in [-0.39, 0.29) is 5.56 Å². The zero-order valence-electron chi connectivity index (χ0n) is 10.0. The van der Waals surface area contributed by atoms with E-state index in [1.54, 1.807) is 28.6 Å². The van der Waals surface area contributed by atoms with E-state index >= 15 is 0 Å². The minimum Gasteiger partial charge on any atom is -0.382 e. The van der Waals surface area contributed by atoms with Crippen molar-refractivity contribution >= 4 is 21.7 Å². The van der Waals surface area contributed by atoms with Crippen LogP contribution in [0.25, 0.3) is 0 Å². The van der Waals surface area contributed by atoms with Gasteiger partial charge in [0.15, 0.2) is 0 Å². The van der Waals surface area contributed by atoms with Crippen LogP contribution in [0.3, 0.4) is 0 Å². The van der Waals surface area contributed by atoms with Gasteiger partial charge in [-0.25, -0.2) is 4.98 Å². The fourth-order valence-electron chi connectivity index (χ4n) is 1.61. The van der Waals surface area contributed by atoms with Gasteiger partial charge in [0, 0.05) is 19.3 Å². The second-order valence-corrected chi connectivity index (χ2v) is 4.79. The van der Waals surface area contributed by atoms with Crippen LogP contribution in [0.1, 0.15) is 12.1 Å². The number of hydrogen-bond donors (Lipinski definition) is 1. The molecule has 0 amide bonds. The molecule has 0 bridgehead atoms. The van der Waals surface area contributed by atoms with Crippen molar-refractivity contribution in [2.24, 2.45) is 0 Å². The Labute approximate surface area is 113 Å². The zero-order chi connectivity index (χ0) is 13.1. The fourth-order valence-corrected chi connectivity index (χ4v) is 1.94. The molecular formula is C11H14BrN5O. The van der Waals surface area contributed by atoms with Gasteiger partial charge >= 0.3 is 0 Å². The van der Waals surface area contributed by atoms with Gasteiger partial charge in [0.1, 0.15) is 10.3 Å². The third-order valence-electron chi connectivity index (χ3n) is 2.60. The fraction of sp³-hybridized carbons (Fsp3) is 0.364. The summed E-state index contributed by atoms with van der Waals surface area (Å²) in [6.07, 6.45) is 4.18. The molecule has 0 spiro atoms. The van der Waals surface area contributed by atoms with Crippen LogP contribution in [0.4, 0.5) is 5.82 Å². The van der Waals surface area contributed by atoms with Crippen LogP contribution >= 0.6 is 15.9 Å². The Balaban J connectivity index is 1.99. The number of aryl methyl sites for hydroxylation is 3. The lowest BCUT2D eigenvalue weighted by Gasteiger charge is -2.06. The smallest absolute Gasteiger partial charge is 0.267 e. The molecule has 0 aliphatic heterocycles. The van der Waals surface area contributed by atoms with Crippen LogP contribution in [0.2, 0.25) is 0 Å². The van der Waals surface area contributed by atoms with Gasteiger partial charge in [-0.15, -0.1) is 0 Å². The van der Waals surface area contributed by atoms with E-state index < -0.39 is 0 Å². The van der Waals surface area contributed by atoms with Crippen LogP contribution in [0, 0.1) is 6.92 Å². The summed E-state index contributed by atoms with van der Waals surface area (Å²) in [7, 11) is 0. The topological polar surface area (TPSA) is 78.7 Å². The maximum atomic E-state index is 11.9. The summed E-state index contributed by atoms with van der Waals surface area (Å²) >= 11 is 3.24. The molecule has 6 nitrogen and oxygen atoms in total. The van der Waals surface area contributed by atoms with Crippen molar-refractivity contribution in [2.45, 2.75) is 26.4 Å². The van der Waals surface area contributed by atoms with Gasteiger partial charge < -0.3 is 5.73 Å². The van der Waals surface area contributed by atoms with Gasteiger partial charge in [-0.05, 0) is 35.3 Å². The van der Waals surface area contributed by atoms with Crippen molar-refractivity contribution in [3.05, 3.63) is 39.1 Å². The van der Waals surface area contributed by atoms with E-state index in [1.807, 2.05) is 6.20 Å². The Morgan fingerprint density at radius 3 is 2.89 bits per heavy atom. The summed E-state index contributed by atoms with van der Waals surface area (Å²) < 4.78 is 3.87. The highest BCUT2D eigenvalue weighted by Crippen LogP contribution is 2.06. The van der Waals surface area contributed by atoms with E-state index in [2.05, 4.69) is 26.0 Å². The lowest BCUT2D eigenvalue weighted by molar-refractivity contribution is 0.515. The van der Waals surface area contributed by atoms with Crippen LogP contribution in [-0.2, 0) is 13.1 Å². The Hall–Kier alpha value is -1.63. The minimum atomic E-state index is -0.0533. The largest absolute Gasteiger partial charge is 0.382 e. The van der Waals surface area contributed by atoms with Crippen molar-refractivity contribution in [3.63, 3.8) is 0 Å². The predicted molar refractivity (Wildman–Crippen MR) is 72.2 cm³/mol. The van der Waals surface area contributed by atoms with Crippen LogP contribution in [0.5, 0.6) is 0 Å². The molecule has 0 aromatic carbocycles. The van der Waals surface area contributed by atoms with Gasteiger partial charge in [-0.1, -0.05) is 0 Å². The summed E-state index contributed by atoms with van der Waals surface area (Å²) in [5.41, 5.74) is 6.17. The Kier molecular flexibility index (Phi) is 3.81. The standard InChI is InChI=1S/C11H14BrN5O/c1-8-10(12)11(18)16(7-14-8)4-2-5-17-6-3-9(13)15-17/h3,6-7H,2,4-5H2,1H3,(H2,13,15). The molecule has 2 heterocycles. The molecular weight excluding hydrogens is 298 g/mol. The van der Waals surface area contributed by atoms with Crippen molar-refractivity contribution < 1.29 is 0 Å². The molecule has 0 aliphatic rings. The first kappa shape index (κ1) is 12.8. The third kappa shape index (κ3) is 2.79. The molecule has 0 atom stereocenters. The molecule has 2 N–H and O–H groups in total.